The molecule has 0 aromatic carbocycles. The van der Waals surface area contributed by atoms with E-state index in [4.69, 9.17) is 32.5 Å². The van der Waals surface area contributed by atoms with Crippen LogP contribution >= 0.6 is 0 Å². The third-order valence-corrected chi connectivity index (χ3v) is 9.09. The molecule has 4 atom stereocenters. The zero-order valence-electron chi connectivity index (χ0n) is 26.2. The van der Waals surface area contributed by atoms with Gasteiger partial charge in [0.15, 0.2) is 39.4 Å². The van der Waals surface area contributed by atoms with Gasteiger partial charge in [-0.3, -0.25) is 9.40 Å². The van der Waals surface area contributed by atoms with Crippen molar-refractivity contribution >= 4 is 39.1 Å². The maximum atomic E-state index is 6.87. The summed E-state index contributed by atoms with van der Waals surface area (Å²) in [6, 6.07) is 1.95. The van der Waals surface area contributed by atoms with Crippen LogP contribution in [0.1, 0.15) is 26.0 Å². The molecular weight excluding hydrogens is 549 g/mol. The summed E-state index contributed by atoms with van der Waals surface area (Å²) >= 11 is 0. The lowest BCUT2D eigenvalue weighted by molar-refractivity contribution is -0.195. The van der Waals surface area contributed by atoms with Gasteiger partial charge in [-0.05, 0) is 91.1 Å². The third kappa shape index (κ3) is 11.8. The van der Waals surface area contributed by atoms with Crippen LogP contribution in [-0.4, -0.2) is 74.3 Å². The predicted octanol–water partition coefficient (Wildman–Crippen LogP) is 5.95. The molecule has 1 fully saturated rings. The summed E-state index contributed by atoms with van der Waals surface area (Å²) in [5, 5.41) is 0. The molecule has 13 heteroatoms. The van der Waals surface area contributed by atoms with Crippen molar-refractivity contribution in [1.29, 1.82) is 0 Å². The van der Waals surface area contributed by atoms with Gasteiger partial charge in [-0.2, -0.15) is 4.98 Å². The predicted molar refractivity (Wildman–Crippen MR) is 165 cm³/mol. The molecule has 2 heterocycles. The number of hydrogen-bond donors (Lipinski definition) is 1. The van der Waals surface area contributed by atoms with Crippen molar-refractivity contribution in [2.45, 2.75) is 123 Å². The van der Waals surface area contributed by atoms with Crippen molar-refractivity contribution in [3.8, 4) is 0 Å². The Morgan fingerprint density at radius 1 is 0.921 bits per heavy atom. The van der Waals surface area contributed by atoms with Crippen molar-refractivity contribution in [3.63, 3.8) is 0 Å². The number of unbranched alkanes of at least 4 members (excludes halogenated alkanes) is 1. The molecule has 220 valence electrons. The first-order chi connectivity index (χ1) is 17.3. The smallest absolute Gasteiger partial charge is 0.231 e. The van der Waals surface area contributed by atoms with Crippen LogP contribution in [-0.2, 0) is 22.9 Å². The van der Waals surface area contributed by atoms with Gasteiger partial charge in [-0.25, -0.2) is 5.48 Å². The first-order valence-electron chi connectivity index (χ1n) is 14.0. The van der Waals surface area contributed by atoms with Gasteiger partial charge >= 0.3 is 0 Å². The molecule has 1 aromatic heterocycles. The highest BCUT2D eigenvalue weighted by atomic mass is 28.4. The molecule has 0 spiro atoms. The van der Waals surface area contributed by atoms with Gasteiger partial charge in [0.2, 0.25) is 5.95 Å². The van der Waals surface area contributed by atoms with E-state index in [1.807, 2.05) is 16.8 Å². The molecular formula is C25H54N4O5Si4. The minimum Gasteiger partial charge on any atom is -0.410 e. The quantitative estimate of drug-likeness (QED) is 0.170. The Bertz CT molecular complexity index is 951. The zero-order chi connectivity index (χ0) is 28.9. The molecule has 1 aliphatic rings. The number of ether oxygens (including phenoxy) is 1. The van der Waals surface area contributed by atoms with Crippen LogP contribution in [0.25, 0.3) is 0 Å². The van der Waals surface area contributed by atoms with E-state index >= 15 is 0 Å². The Hall–Kier alpha value is -0.652. The number of rotatable bonds is 13. The number of nitrogens with zero attached hydrogens (tertiary/aromatic N) is 3. The van der Waals surface area contributed by atoms with Crippen LogP contribution in [0, 0.1) is 0 Å². The fraction of sp³-hybridized carbons (Fsp3) is 0.840. The van der Waals surface area contributed by atoms with Crippen LogP contribution in [0.3, 0.4) is 0 Å². The Balaban J connectivity index is 2.61. The summed E-state index contributed by atoms with van der Waals surface area (Å²) in [7, 11) is -7.55. The Labute approximate surface area is 235 Å². The van der Waals surface area contributed by atoms with Crippen LogP contribution in [0.2, 0.25) is 78.6 Å². The normalized spacial score (nSPS) is 24.1. The molecule has 38 heavy (non-hydrogen) atoms. The van der Waals surface area contributed by atoms with Gasteiger partial charge in [0.05, 0.1) is 19.3 Å². The molecule has 1 N–H and O–H groups in total. The molecule has 9 nitrogen and oxygen atoms in total. The van der Waals surface area contributed by atoms with Gasteiger partial charge in [0.1, 0.15) is 17.7 Å². The molecule has 1 aliphatic heterocycles. The fourth-order valence-corrected chi connectivity index (χ4v) is 8.17. The number of nitrogens with one attached hydrogen (secondary N) is 1. The average molecular weight is 603 g/mol. The molecule has 2 unspecified atom stereocenters. The van der Waals surface area contributed by atoms with E-state index in [0.717, 1.165) is 12.8 Å². The summed E-state index contributed by atoms with van der Waals surface area (Å²) in [6.07, 6.45) is 2.70. The van der Waals surface area contributed by atoms with Crippen molar-refractivity contribution in [1.82, 2.24) is 9.55 Å². The highest BCUT2D eigenvalue weighted by molar-refractivity contribution is 6.74. The van der Waals surface area contributed by atoms with E-state index in [9.17, 15) is 0 Å². The Morgan fingerprint density at radius 3 is 2.03 bits per heavy atom. The number of anilines is 1. The second kappa shape index (κ2) is 13.3. The Morgan fingerprint density at radius 2 is 1.50 bits per heavy atom. The summed E-state index contributed by atoms with van der Waals surface area (Å²) in [5.41, 5.74) is 3.78. The zero-order valence-corrected chi connectivity index (χ0v) is 30.2. The molecule has 0 bridgehead atoms. The summed E-state index contributed by atoms with van der Waals surface area (Å²) in [4.78, 5) is 10.7. The summed E-state index contributed by atoms with van der Waals surface area (Å²) in [5.74, 6) is 0.547. The van der Waals surface area contributed by atoms with Crippen LogP contribution in [0.4, 0.5) is 5.95 Å². The van der Waals surface area contributed by atoms with Gasteiger partial charge in [-0.15, -0.1) is 0 Å². The maximum absolute atomic E-state index is 6.87. The molecule has 0 aliphatic carbocycles. The van der Waals surface area contributed by atoms with E-state index in [1.54, 1.807) is 0 Å². The monoisotopic (exact) mass is 602 g/mol. The second-order valence-corrected chi connectivity index (χ2v) is 31.9. The van der Waals surface area contributed by atoms with E-state index in [2.05, 4.69) is 91.0 Å². The first kappa shape index (κ1) is 33.6. The lowest BCUT2D eigenvalue weighted by Crippen LogP contribution is -2.60. The van der Waals surface area contributed by atoms with Crippen LogP contribution in [0.5, 0.6) is 0 Å². The van der Waals surface area contributed by atoms with Gasteiger partial charge in [-0.1, -0.05) is 13.3 Å². The van der Waals surface area contributed by atoms with E-state index in [1.165, 1.54) is 0 Å². The second-order valence-electron chi connectivity index (χ2n) is 14.0. The minimum atomic E-state index is -2.01. The lowest BCUT2D eigenvalue weighted by atomic mass is 10.0. The van der Waals surface area contributed by atoms with Crippen molar-refractivity contribution in [3.05, 3.63) is 17.8 Å². The summed E-state index contributed by atoms with van der Waals surface area (Å²) in [6.45, 7) is 29.6. The van der Waals surface area contributed by atoms with Crippen molar-refractivity contribution in [2.24, 2.45) is 4.66 Å². The minimum absolute atomic E-state index is 0.196. The van der Waals surface area contributed by atoms with E-state index in [-0.39, 0.29) is 18.3 Å². The van der Waals surface area contributed by atoms with Crippen molar-refractivity contribution in [2.75, 3.05) is 18.7 Å². The molecule has 0 radical (unpaired) electrons. The standard InChI is InChI=1S/C25H54N4O5Si4/c1-14-15-18-31-27-25-26-21(28-35(2,3)4)16-17-29(25)24-23(34-38(11,12)13)22(33-37(8,9)10)20(19-30-24)32-36(5,6)7/h16-17,20,22-24H,14-15,18-19H2,1-13H3,(H,26,27,28)/t20-,22?,23?,24+/m1/s1. The van der Waals surface area contributed by atoms with Gasteiger partial charge < -0.3 is 22.7 Å². The van der Waals surface area contributed by atoms with E-state index < -0.39 is 39.4 Å². The molecule has 1 aromatic rings. The molecule has 1 saturated heterocycles. The van der Waals surface area contributed by atoms with Gasteiger partial charge in [0, 0.05) is 6.20 Å². The fourth-order valence-electron chi connectivity index (χ4n) is 4.08. The Kier molecular flexibility index (Phi) is 11.8. The highest BCUT2D eigenvalue weighted by Gasteiger charge is 2.48. The topological polar surface area (TPSA) is 88.4 Å². The van der Waals surface area contributed by atoms with Crippen LogP contribution < -0.4 is 11.0 Å². The first-order valence-corrected chi connectivity index (χ1v) is 27.6. The molecule has 0 saturated carbocycles. The van der Waals surface area contributed by atoms with Crippen molar-refractivity contribution < 1.29 is 22.9 Å². The van der Waals surface area contributed by atoms with E-state index in [0.29, 0.717) is 24.6 Å². The number of hydrogen-bond acceptors (Lipinski definition) is 8. The largest absolute Gasteiger partial charge is 0.410 e. The molecule has 2 rings (SSSR count). The van der Waals surface area contributed by atoms with Crippen LogP contribution in [0.15, 0.2) is 16.9 Å². The van der Waals surface area contributed by atoms with Gasteiger partial charge in [0.25, 0.3) is 0 Å². The highest BCUT2D eigenvalue weighted by Crippen LogP contribution is 2.35. The number of aromatic nitrogens is 2. The molecule has 0 amide bonds. The summed E-state index contributed by atoms with van der Waals surface area (Å²) < 4.78 is 33.8. The maximum Gasteiger partial charge on any atom is 0.231 e. The SMILES string of the molecule is CCCCONc1n/c(=N/[Si](C)(C)C)ccn1[C@H]1OC[C@@H](O[Si](C)(C)C)C(O[Si](C)(C)C)C1O[Si](C)(C)C. The lowest BCUT2D eigenvalue weighted by Gasteiger charge is -2.48. The third-order valence-electron chi connectivity index (χ3n) is 5.22. The average Bonchev–Trinajstić information content (AvgIpc) is 2.70.